The summed E-state index contributed by atoms with van der Waals surface area (Å²) in [5.74, 6) is 0. The maximum absolute atomic E-state index is 3.35. The van der Waals surface area contributed by atoms with Gasteiger partial charge in [-0.3, -0.25) is 0 Å². The highest BCUT2D eigenvalue weighted by atomic mass is 127. The quantitative estimate of drug-likeness (QED) is 0.490. The molecular weight excluding hydrogens is 287 g/mol. The topological polar surface area (TPSA) is 15.3 Å². The zero-order chi connectivity index (χ0) is 10.8. The minimum absolute atomic E-state index is 0.0564. The summed E-state index contributed by atoms with van der Waals surface area (Å²) in [4.78, 5) is 2.23. The molecule has 3 heteroatoms. The zero-order valence-electron chi connectivity index (χ0n) is 9.39. The number of alkyl halides is 1. The van der Waals surface area contributed by atoms with Gasteiger partial charge in [0.1, 0.15) is 0 Å². The van der Waals surface area contributed by atoms with Crippen molar-refractivity contribution in [3.63, 3.8) is 0 Å². The number of nitrogens with one attached hydrogen (secondary N) is 1. The lowest BCUT2D eigenvalue weighted by molar-refractivity contribution is 0.473. The summed E-state index contributed by atoms with van der Waals surface area (Å²) < 4.78 is 0.0564. The van der Waals surface area contributed by atoms with Gasteiger partial charge in [0.25, 0.3) is 0 Å². The molecule has 1 atom stereocenters. The van der Waals surface area contributed by atoms with Gasteiger partial charge in [-0.15, -0.1) is 0 Å². The summed E-state index contributed by atoms with van der Waals surface area (Å²) in [6, 6.07) is 0. The molecule has 1 unspecified atom stereocenters. The molecule has 2 nitrogen and oxygen atoms in total. The summed E-state index contributed by atoms with van der Waals surface area (Å²) in [5, 5.41) is 3.35. The van der Waals surface area contributed by atoms with Crippen molar-refractivity contribution in [3.8, 4) is 0 Å². The van der Waals surface area contributed by atoms with Gasteiger partial charge < -0.3 is 10.2 Å². The molecule has 1 aliphatic heterocycles. The van der Waals surface area contributed by atoms with E-state index in [9.17, 15) is 0 Å². The number of hydrogen-bond donors (Lipinski definition) is 1. The minimum Gasteiger partial charge on any atom is -0.376 e. The molecule has 80 valence electrons. The number of rotatable bonds is 3. The standard InChI is InChI=1S/C11H19IN2/c1-5-9-8-14(4)7-6-10(9)11(2,12)13-3/h6-7,13H,5,8H2,1-4H3. The molecule has 1 heterocycles. The molecule has 0 amide bonds. The third-order valence-electron chi connectivity index (χ3n) is 2.72. The third-order valence-corrected chi connectivity index (χ3v) is 3.84. The molecule has 0 saturated heterocycles. The van der Waals surface area contributed by atoms with Crippen molar-refractivity contribution >= 4 is 22.6 Å². The first-order valence-electron chi connectivity index (χ1n) is 5.00. The second-order valence-corrected chi connectivity index (χ2v) is 6.01. The van der Waals surface area contributed by atoms with Crippen molar-refractivity contribution in [2.75, 3.05) is 20.6 Å². The Labute approximate surface area is 101 Å². The van der Waals surface area contributed by atoms with Gasteiger partial charge in [-0.1, -0.05) is 29.5 Å². The van der Waals surface area contributed by atoms with Gasteiger partial charge >= 0.3 is 0 Å². The van der Waals surface area contributed by atoms with E-state index in [1.165, 1.54) is 11.1 Å². The molecule has 14 heavy (non-hydrogen) atoms. The molecular formula is C11H19IN2. The van der Waals surface area contributed by atoms with Crippen LogP contribution in [-0.2, 0) is 0 Å². The predicted octanol–water partition coefficient (Wildman–Crippen LogP) is 2.52. The van der Waals surface area contributed by atoms with Crippen LogP contribution in [0.2, 0.25) is 0 Å². The number of nitrogens with zero attached hydrogens (tertiary/aromatic N) is 1. The van der Waals surface area contributed by atoms with Crippen LogP contribution in [0.4, 0.5) is 0 Å². The van der Waals surface area contributed by atoms with E-state index in [0.29, 0.717) is 0 Å². The first-order chi connectivity index (χ1) is 6.51. The summed E-state index contributed by atoms with van der Waals surface area (Å²) in [6.45, 7) is 5.50. The second-order valence-electron chi connectivity index (χ2n) is 3.85. The Hall–Kier alpha value is -0.0300. The average molecular weight is 306 g/mol. The van der Waals surface area contributed by atoms with E-state index in [4.69, 9.17) is 0 Å². The molecule has 1 aliphatic rings. The highest BCUT2D eigenvalue weighted by Gasteiger charge is 2.25. The number of hydrogen-bond acceptors (Lipinski definition) is 2. The molecule has 0 aromatic carbocycles. The Balaban J connectivity index is 3.00. The molecule has 1 rings (SSSR count). The smallest absolute Gasteiger partial charge is 0.0929 e. The molecule has 0 bridgehead atoms. The fourth-order valence-electron chi connectivity index (χ4n) is 1.68. The van der Waals surface area contributed by atoms with E-state index in [-0.39, 0.29) is 3.55 Å². The fourth-order valence-corrected chi connectivity index (χ4v) is 2.25. The van der Waals surface area contributed by atoms with Gasteiger partial charge in [-0.2, -0.15) is 0 Å². The lowest BCUT2D eigenvalue weighted by Crippen LogP contribution is -2.37. The lowest BCUT2D eigenvalue weighted by Gasteiger charge is -2.31. The van der Waals surface area contributed by atoms with Crippen molar-refractivity contribution < 1.29 is 0 Å². The van der Waals surface area contributed by atoms with Crippen LogP contribution in [0.15, 0.2) is 23.4 Å². The molecule has 0 spiro atoms. The molecule has 0 radical (unpaired) electrons. The van der Waals surface area contributed by atoms with Crippen LogP contribution < -0.4 is 5.32 Å². The highest BCUT2D eigenvalue weighted by molar-refractivity contribution is 14.1. The van der Waals surface area contributed by atoms with Crippen LogP contribution in [0, 0.1) is 0 Å². The van der Waals surface area contributed by atoms with Crippen LogP contribution in [0.1, 0.15) is 20.3 Å². The van der Waals surface area contributed by atoms with Gasteiger partial charge in [0.05, 0.1) is 3.55 Å². The number of likely N-dealkylation sites (N-methyl/N-ethyl adjacent to an activating group) is 2. The molecule has 0 aromatic rings. The Morgan fingerprint density at radius 1 is 1.64 bits per heavy atom. The van der Waals surface area contributed by atoms with Gasteiger partial charge in [0, 0.05) is 13.6 Å². The highest BCUT2D eigenvalue weighted by Crippen LogP contribution is 2.31. The average Bonchev–Trinajstić information content (AvgIpc) is 2.17. The summed E-state index contributed by atoms with van der Waals surface area (Å²) in [5.41, 5.74) is 2.96. The molecule has 1 N–H and O–H groups in total. The predicted molar refractivity (Wildman–Crippen MR) is 70.6 cm³/mol. The van der Waals surface area contributed by atoms with Crippen LogP contribution in [-0.4, -0.2) is 29.1 Å². The van der Waals surface area contributed by atoms with Crippen molar-refractivity contribution in [3.05, 3.63) is 23.4 Å². The van der Waals surface area contributed by atoms with E-state index in [0.717, 1.165) is 13.0 Å². The Morgan fingerprint density at radius 3 is 2.79 bits per heavy atom. The van der Waals surface area contributed by atoms with Gasteiger partial charge in [0.2, 0.25) is 0 Å². The van der Waals surface area contributed by atoms with Gasteiger partial charge in [0.15, 0.2) is 0 Å². The van der Waals surface area contributed by atoms with E-state index in [1.807, 2.05) is 7.05 Å². The van der Waals surface area contributed by atoms with Crippen LogP contribution in [0.3, 0.4) is 0 Å². The van der Waals surface area contributed by atoms with E-state index in [2.05, 4.69) is 66.0 Å². The lowest BCUT2D eigenvalue weighted by atomic mass is 9.97. The number of halogens is 1. The minimum atomic E-state index is 0.0564. The van der Waals surface area contributed by atoms with Crippen molar-refractivity contribution in [2.45, 2.75) is 23.8 Å². The van der Waals surface area contributed by atoms with E-state index < -0.39 is 0 Å². The normalized spacial score (nSPS) is 21.4. The first-order valence-corrected chi connectivity index (χ1v) is 6.08. The van der Waals surface area contributed by atoms with Gasteiger partial charge in [-0.25, -0.2) is 0 Å². The van der Waals surface area contributed by atoms with Crippen molar-refractivity contribution in [1.82, 2.24) is 10.2 Å². The molecule has 0 fully saturated rings. The largest absolute Gasteiger partial charge is 0.376 e. The van der Waals surface area contributed by atoms with Crippen LogP contribution in [0.25, 0.3) is 0 Å². The Morgan fingerprint density at radius 2 is 2.29 bits per heavy atom. The monoisotopic (exact) mass is 306 g/mol. The second kappa shape index (κ2) is 4.66. The van der Waals surface area contributed by atoms with Gasteiger partial charge in [-0.05, 0) is 43.8 Å². The Kier molecular flexibility index (Phi) is 4.01. The summed E-state index contributed by atoms with van der Waals surface area (Å²) in [6.07, 6.45) is 5.51. The van der Waals surface area contributed by atoms with Crippen molar-refractivity contribution in [1.29, 1.82) is 0 Å². The van der Waals surface area contributed by atoms with E-state index >= 15 is 0 Å². The van der Waals surface area contributed by atoms with Crippen molar-refractivity contribution in [2.24, 2.45) is 0 Å². The Bertz CT molecular complexity index is 266. The maximum Gasteiger partial charge on any atom is 0.0929 e. The first kappa shape index (κ1) is 12.0. The fraction of sp³-hybridized carbons (Fsp3) is 0.636. The molecule has 0 aromatic heterocycles. The molecule has 0 aliphatic carbocycles. The summed E-state index contributed by atoms with van der Waals surface area (Å²) in [7, 11) is 4.13. The molecule has 0 saturated carbocycles. The maximum atomic E-state index is 3.35. The van der Waals surface area contributed by atoms with Crippen LogP contribution >= 0.6 is 22.6 Å². The zero-order valence-corrected chi connectivity index (χ0v) is 11.6. The summed E-state index contributed by atoms with van der Waals surface area (Å²) >= 11 is 2.47. The SMILES string of the molecule is CCC1=C(C(C)(I)NC)C=CN(C)C1. The third kappa shape index (κ3) is 2.51. The van der Waals surface area contributed by atoms with E-state index in [1.54, 1.807) is 0 Å². The van der Waals surface area contributed by atoms with Crippen LogP contribution in [0.5, 0.6) is 0 Å².